The summed E-state index contributed by atoms with van der Waals surface area (Å²) in [6.07, 6.45) is -2.88. The third-order valence-corrected chi connectivity index (χ3v) is 6.16. The van der Waals surface area contributed by atoms with Crippen LogP contribution in [-0.2, 0) is 22.7 Å². The van der Waals surface area contributed by atoms with Gasteiger partial charge in [-0.05, 0) is 0 Å². The quantitative estimate of drug-likeness (QED) is 0.271. The van der Waals surface area contributed by atoms with Crippen molar-refractivity contribution in [1.82, 2.24) is 15.0 Å². The average Bonchev–Trinajstić information content (AvgIpc) is 3.07. The van der Waals surface area contributed by atoms with Crippen LogP contribution in [0.15, 0.2) is 12.7 Å². The minimum absolute atomic E-state index is 0.151. The molecule has 0 radical (unpaired) electrons. The van der Waals surface area contributed by atoms with Gasteiger partial charge in [0, 0.05) is 6.66 Å². The van der Waals surface area contributed by atoms with Gasteiger partial charge in [0.15, 0.2) is 18.5 Å². The number of hydrogen-bond acceptors (Lipinski definition) is 12. The van der Waals surface area contributed by atoms with Crippen LogP contribution in [0.5, 0.6) is 0 Å². The number of nitrogen functional groups attached to an aromatic ring is 1. The summed E-state index contributed by atoms with van der Waals surface area (Å²) in [5, 5.41) is 20.3. The number of fused-ring (bicyclic) bond motifs is 1. The summed E-state index contributed by atoms with van der Waals surface area (Å²) >= 11 is 0. The molecule has 3 unspecified atom stereocenters. The van der Waals surface area contributed by atoms with Gasteiger partial charge in [0.2, 0.25) is 11.7 Å². The number of nitrogens with two attached hydrogens (primary N) is 1. The highest BCUT2D eigenvalue weighted by molar-refractivity contribution is 7.62. The van der Waals surface area contributed by atoms with E-state index in [1.54, 1.807) is 0 Å². The number of nitrogens with zero attached hydrogens (tertiary/aromatic N) is 3. The van der Waals surface area contributed by atoms with E-state index in [2.05, 4.69) is 23.8 Å². The number of imidazole rings is 1. The molecule has 2 aromatic heterocycles. The van der Waals surface area contributed by atoms with Gasteiger partial charge in [0.25, 0.3) is 7.82 Å². The summed E-state index contributed by atoms with van der Waals surface area (Å²) in [4.78, 5) is 33.0. The lowest BCUT2D eigenvalue weighted by Gasteiger charge is -2.29. The Bertz CT molecular complexity index is 932. The van der Waals surface area contributed by atoms with Crippen molar-refractivity contribution in [3.05, 3.63) is 12.7 Å². The predicted octanol–water partition coefficient (Wildman–Crippen LogP) is -2.87. The van der Waals surface area contributed by atoms with Gasteiger partial charge in [0.05, 0.1) is 6.61 Å². The summed E-state index contributed by atoms with van der Waals surface area (Å²) in [6.45, 7) is -0.224. The van der Waals surface area contributed by atoms with Gasteiger partial charge in [-0.2, -0.15) is 4.98 Å². The zero-order valence-corrected chi connectivity index (χ0v) is 15.5. The molecule has 27 heavy (non-hydrogen) atoms. The third kappa shape index (κ3) is 4.35. The molecule has 2 aromatic rings. The average molecular weight is 424 g/mol. The molecule has 1 fully saturated rings. The summed E-state index contributed by atoms with van der Waals surface area (Å²) in [6, 6.07) is 0. The first-order valence-electron chi connectivity index (χ1n) is 7.44. The number of ether oxygens (including phenoxy) is 1. The zero-order valence-electron chi connectivity index (χ0n) is 13.7. The molecule has 0 saturated carbocycles. The highest BCUT2D eigenvalue weighted by Gasteiger charge is 2.47. The maximum absolute atomic E-state index is 11.5. The van der Waals surface area contributed by atoms with Crippen molar-refractivity contribution in [1.29, 1.82) is 0 Å². The highest BCUT2D eigenvalue weighted by Crippen LogP contribution is 2.53. The number of aromatic amines is 1. The molecule has 0 aliphatic carbocycles. The van der Waals surface area contributed by atoms with Crippen LogP contribution in [-0.4, -0.2) is 56.7 Å². The Kier molecular flexibility index (Phi) is 5.38. The fourth-order valence-corrected chi connectivity index (χ4v) is 4.55. The fourth-order valence-electron chi connectivity index (χ4n) is 2.58. The second kappa shape index (κ2) is 7.17. The van der Waals surface area contributed by atoms with Crippen LogP contribution in [0.3, 0.4) is 0 Å². The lowest BCUT2D eigenvalue weighted by molar-refractivity contribution is -0.745. The second-order valence-corrected chi connectivity index (χ2v) is 9.13. The number of phosphoric ester groups is 1. The smallest absolute Gasteiger partial charge is 0.309 e. The van der Waals surface area contributed by atoms with Crippen molar-refractivity contribution in [2.24, 2.45) is 0 Å². The Morgan fingerprint density at radius 2 is 2.07 bits per heavy atom. The van der Waals surface area contributed by atoms with E-state index in [1.807, 2.05) is 0 Å². The molecule has 0 aromatic carbocycles. The van der Waals surface area contributed by atoms with Crippen molar-refractivity contribution in [3.8, 4) is 0 Å². The van der Waals surface area contributed by atoms with Gasteiger partial charge in [0.1, 0.15) is 25.9 Å². The molecule has 0 amide bonds. The SMILES string of the molecule is CP(=O)([O-])OP(=O)([O-])OC[C@H]1O[C@@H]([n+]2c[nH]c3c(N)ncnc32)C(O)[C@H]1O. The molecule has 0 bridgehead atoms. The lowest BCUT2D eigenvalue weighted by atomic mass is 10.1. The minimum Gasteiger partial charge on any atom is -0.778 e. The van der Waals surface area contributed by atoms with Gasteiger partial charge >= 0.3 is 5.65 Å². The first-order valence-corrected chi connectivity index (χ1v) is 10.9. The molecular formula is C11H16N5O9P2-. The van der Waals surface area contributed by atoms with E-state index in [0.717, 1.165) is 0 Å². The number of aliphatic hydroxyl groups excluding tert-OH is 2. The van der Waals surface area contributed by atoms with Crippen molar-refractivity contribution >= 4 is 32.4 Å². The third-order valence-electron chi connectivity index (χ3n) is 3.71. The predicted molar refractivity (Wildman–Crippen MR) is 82.6 cm³/mol. The molecule has 3 heterocycles. The highest BCUT2D eigenvalue weighted by atomic mass is 31.3. The van der Waals surface area contributed by atoms with Crippen LogP contribution >= 0.6 is 15.4 Å². The van der Waals surface area contributed by atoms with Crippen LogP contribution in [0, 0.1) is 0 Å². The summed E-state index contributed by atoms with van der Waals surface area (Å²) in [7, 11) is -9.78. The van der Waals surface area contributed by atoms with Crippen LogP contribution in [0.2, 0.25) is 0 Å². The molecule has 16 heteroatoms. The summed E-state index contributed by atoms with van der Waals surface area (Å²) in [5.74, 6) is 0.151. The molecule has 150 valence electrons. The maximum atomic E-state index is 11.5. The van der Waals surface area contributed by atoms with Crippen LogP contribution in [0.1, 0.15) is 6.23 Å². The Labute approximate surface area is 151 Å². The number of aromatic nitrogens is 4. The van der Waals surface area contributed by atoms with Crippen molar-refractivity contribution < 1.29 is 47.3 Å². The van der Waals surface area contributed by atoms with Crippen molar-refractivity contribution in [2.45, 2.75) is 24.5 Å². The lowest BCUT2D eigenvalue weighted by Crippen LogP contribution is -2.45. The number of rotatable bonds is 6. The molecule has 1 aliphatic rings. The van der Waals surface area contributed by atoms with Crippen LogP contribution < -0.4 is 20.1 Å². The summed E-state index contributed by atoms with van der Waals surface area (Å²) < 4.78 is 37.5. The fraction of sp³-hybridized carbons (Fsp3) is 0.545. The van der Waals surface area contributed by atoms with Gasteiger partial charge in [-0.15, -0.1) is 0 Å². The van der Waals surface area contributed by atoms with Gasteiger partial charge in [-0.25, -0.2) is 4.57 Å². The number of hydrogen-bond donors (Lipinski definition) is 4. The second-order valence-electron chi connectivity index (χ2n) is 5.78. The Balaban J connectivity index is 1.75. The van der Waals surface area contributed by atoms with E-state index in [1.165, 1.54) is 17.2 Å². The normalized spacial score (nSPS) is 30.3. The maximum Gasteiger partial charge on any atom is 0.309 e. The molecule has 1 aliphatic heterocycles. The molecule has 5 N–H and O–H groups in total. The van der Waals surface area contributed by atoms with Gasteiger partial charge < -0.3 is 39.6 Å². The largest absolute Gasteiger partial charge is 0.778 e. The van der Waals surface area contributed by atoms with Gasteiger partial charge in [-0.1, -0.05) is 4.98 Å². The number of phosphoric acid groups is 1. The Hall–Kier alpha value is -1.47. The standard InChI is InChI=1S/C11H17N5O9P2/c1-26(19,20)25-27(21,22)23-2-5-7(17)8(18)11(24-5)16-4-15-6-9(12)13-3-14-10(6)16/h3-5,7-8,11,17-18H,2H2,1H3,(H4,12,13,14,19,20,21,22)/p-1/t5-,7+,8?,11-/m1/s1. The Morgan fingerprint density at radius 3 is 2.74 bits per heavy atom. The first-order chi connectivity index (χ1) is 12.5. The zero-order chi connectivity index (χ0) is 20.0. The summed E-state index contributed by atoms with van der Waals surface area (Å²) in [5.41, 5.74) is 6.35. The molecule has 14 nitrogen and oxygen atoms in total. The molecule has 6 atom stereocenters. The Morgan fingerprint density at radius 1 is 1.37 bits per heavy atom. The first kappa shape index (κ1) is 20.3. The number of nitrogens with one attached hydrogen (secondary N) is 1. The molecule has 3 rings (SSSR count). The van der Waals surface area contributed by atoms with E-state index in [9.17, 15) is 29.1 Å². The van der Waals surface area contributed by atoms with Crippen LogP contribution in [0.4, 0.5) is 5.82 Å². The number of aliphatic hydroxyl groups is 2. The molecule has 1 saturated heterocycles. The molecular weight excluding hydrogens is 408 g/mol. The van der Waals surface area contributed by atoms with E-state index in [0.29, 0.717) is 12.2 Å². The van der Waals surface area contributed by atoms with E-state index in [-0.39, 0.29) is 11.5 Å². The molecule has 0 spiro atoms. The minimum atomic E-state index is -5.19. The number of anilines is 1. The number of H-pyrrole nitrogens is 1. The van der Waals surface area contributed by atoms with E-state index < -0.39 is 46.6 Å². The van der Waals surface area contributed by atoms with Crippen molar-refractivity contribution in [2.75, 3.05) is 19.0 Å². The van der Waals surface area contributed by atoms with E-state index >= 15 is 0 Å². The van der Waals surface area contributed by atoms with Gasteiger partial charge in [-0.3, -0.25) is 13.9 Å². The monoisotopic (exact) mass is 424 g/mol. The van der Waals surface area contributed by atoms with E-state index in [4.69, 9.17) is 10.5 Å². The topological polar surface area (TPSA) is 220 Å². The van der Waals surface area contributed by atoms with Crippen molar-refractivity contribution in [3.63, 3.8) is 0 Å². The van der Waals surface area contributed by atoms with Crippen LogP contribution in [0.25, 0.3) is 11.2 Å².